The maximum Gasteiger partial charge on any atom is 0.253 e. The van der Waals surface area contributed by atoms with Gasteiger partial charge in [0, 0.05) is 18.7 Å². The summed E-state index contributed by atoms with van der Waals surface area (Å²) in [5.41, 5.74) is 3.73. The van der Waals surface area contributed by atoms with E-state index in [1.165, 1.54) is 30.4 Å². The van der Waals surface area contributed by atoms with Gasteiger partial charge in [0.1, 0.15) is 0 Å². The number of benzene rings is 1. The molecule has 1 amide bonds. The molecule has 1 aromatic carbocycles. The van der Waals surface area contributed by atoms with Crippen molar-refractivity contribution in [1.29, 1.82) is 0 Å². The molecule has 0 atom stereocenters. The summed E-state index contributed by atoms with van der Waals surface area (Å²) in [5.74, 6) is 1.01. The lowest BCUT2D eigenvalue weighted by Gasteiger charge is -2.32. The predicted molar refractivity (Wildman–Crippen MR) is 85.6 cm³/mol. The summed E-state index contributed by atoms with van der Waals surface area (Å²) in [7, 11) is 2.01. The SMILES string of the molecule is CNCCC1CCN(C(=O)c2ccc3c(c2)CCC3)CC1. The van der Waals surface area contributed by atoms with Gasteiger partial charge in [0.25, 0.3) is 5.91 Å². The molecular formula is C18H26N2O. The van der Waals surface area contributed by atoms with Gasteiger partial charge in [-0.1, -0.05) is 6.07 Å². The summed E-state index contributed by atoms with van der Waals surface area (Å²) in [6.45, 7) is 2.93. The lowest BCUT2D eigenvalue weighted by atomic mass is 9.93. The van der Waals surface area contributed by atoms with Crippen molar-refractivity contribution in [3.05, 3.63) is 34.9 Å². The molecule has 114 valence electrons. The number of carbonyl (C=O) groups excluding carboxylic acids is 1. The van der Waals surface area contributed by atoms with Crippen LogP contribution in [0.1, 0.15) is 47.2 Å². The minimum absolute atomic E-state index is 0.233. The van der Waals surface area contributed by atoms with Gasteiger partial charge < -0.3 is 10.2 Å². The second-order valence-corrected chi connectivity index (χ2v) is 6.46. The molecular weight excluding hydrogens is 260 g/mol. The van der Waals surface area contributed by atoms with E-state index in [-0.39, 0.29) is 5.91 Å². The molecule has 0 saturated carbocycles. The van der Waals surface area contributed by atoms with Gasteiger partial charge >= 0.3 is 0 Å². The minimum atomic E-state index is 0.233. The van der Waals surface area contributed by atoms with E-state index in [1.54, 1.807) is 0 Å². The van der Waals surface area contributed by atoms with E-state index in [9.17, 15) is 4.79 Å². The van der Waals surface area contributed by atoms with Crippen LogP contribution >= 0.6 is 0 Å². The molecule has 0 radical (unpaired) electrons. The van der Waals surface area contributed by atoms with Gasteiger partial charge in [-0.3, -0.25) is 4.79 Å². The van der Waals surface area contributed by atoms with Crippen molar-refractivity contribution < 1.29 is 4.79 Å². The quantitative estimate of drug-likeness (QED) is 0.923. The Kier molecular flexibility index (Phi) is 4.59. The second-order valence-electron chi connectivity index (χ2n) is 6.46. The summed E-state index contributed by atoms with van der Waals surface area (Å²) >= 11 is 0. The first-order valence-corrected chi connectivity index (χ1v) is 8.33. The third kappa shape index (κ3) is 3.29. The standard InChI is InChI=1S/C18H26N2O/c1-19-10-7-14-8-11-20(12-9-14)18(21)17-6-5-15-3-2-4-16(15)13-17/h5-6,13-14,19H,2-4,7-12H2,1H3. The highest BCUT2D eigenvalue weighted by atomic mass is 16.2. The van der Waals surface area contributed by atoms with Crippen LogP contribution in [0.4, 0.5) is 0 Å². The zero-order chi connectivity index (χ0) is 14.7. The Labute approximate surface area is 127 Å². The van der Waals surface area contributed by atoms with Crippen molar-refractivity contribution in [3.63, 3.8) is 0 Å². The Bertz CT molecular complexity index is 504. The second kappa shape index (κ2) is 6.61. The summed E-state index contributed by atoms with van der Waals surface area (Å²) in [6, 6.07) is 6.33. The molecule has 3 rings (SSSR count). The summed E-state index contributed by atoms with van der Waals surface area (Å²) in [6.07, 6.45) is 7.10. The average Bonchev–Trinajstić information content (AvgIpc) is 3.00. The fourth-order valence-corrected chi connectivity index (χ4v) is 3.66. The van der Waals surface area contributed by atoms with Crippen LogP contribution in [0.2, 0.25) is 0 Å². The molecule has 21 heavy (non-hydrogen) atoms. The molecule has 3 nitrogen and oxygen atoms in total. The molecule has 1 aliphatic carbocycles. The number of piperidine rings is 1. The largest absolute Gasteiger partial charge is 0.339 e. The van der Waals surface area contributed by atoms with Crippen molar-refractivity contribution in [2.45, 2.75) is 38.5 Å². The number of aryl methyl sites for hydroxylation is 2. The Balaban J connectivity index is 1.59. The van der Waals surface area contributed by atoms with Crippen molar-refractivity contribution in [2.75, 3.05) is 26.7 Å². The highest BCUT2D eigenvalue weighted by Crippen LogP contribution is 2.25. The van der Waals surface area contributed by atoms with E-state index in [1.807, 2.05) is 18.0 Å². The molecule has 0 unspecified atom stereocenters. The number of nitrogens with one attached hydrogen (secondary N) is 1. The molecule has 1 aromatic rings. The number of nitrogens with zero attached hydrogens (tertiary/aromatic N) is 1. The summed E-state index contributed by atoms with van der Waals surface area (Å²) in [5, 5.41) is 3.22. The Morgan fingerprint density at radius 3 is 2.76 bits per heavy atom. The number of rotatable bonds is 4. The fraction of sp³-hybridized carbons (Fsp3) is 0.611. The smallest absolute Gasteiger partial charge is 0.253 e. The van der Waals surface area contributed by atoms with E-state index >= 15 is 0 Å². The number of hydrogen-bond acceptors (Lipinski definition) is 2. The summed E-state index contributed by atoms with van der Waals surface area (Å²) < 4.78 is 0. The van der Waals surface area contributed by atoms with E-state index in [4.69, 9.17) is 0 Å². The molecule has 1 N–H and O–H groups in total. The molecule has 1 saturated heterocycles. The topological polar surface area (TPSA) is 32.3 Å². The first kappa shape index (κ1) is 14.6. The number of amides is 1. The van der Waals surface area contributed by atoms with Gasteiger partial charge in [0.2, 0.25) is 0 Å². The molecule has 0 bridgehead atoms. The zero-order valence-corrected chi connectivity index (χ0v) is 13.0. The number of hydrogen-bond donors (Lipinski definition) is 1. The van der Waals surface area contributed by atoms with Crippen LogP contribution in [0.3, 0.4) is 0 Å². The van der Waals surface area contributed by atoms with Gasteiger partial charge in [-0.25, -0.2) is 0 Å². The van der Waals surface area contributed by atoms with Gasteiger partial charge in [-0.15, -0.1) is 0 Å². The van der Waals surface area contributed by atoms with Crippen LogP contribution in [0.15, 0.2) is 18.2 Å². The van der Waals surface area contributed by atoms with Crippen LogP contribution < -0.4 is 5.32 Å². The van der Waals surface area contributed by atoms with Gasteiger partial charge in [0.15, 0.2) is 0 Å². The van der Waals surface area contributed by atoms with Gasteiger partial charge in [-0.05, 0) is 81.3 Å². The molecule has 1 heterocycles. The predicted octanol–water partition coefficient (Wildman–Crippen LogP) is 2.64. The lowest BCUT2D eigenvalue weighted by Crippen LogP contribution is -2.39. The van der Waals surface area contributed by atoms with Crippen molar-refractivity contribution in [2.24, 2.45) is 5.92 Å². The average molecular weight is 286 g/mol. The Morgan fingerprint density at radius 1 is 1.24 bits per heavy atom. The van der Waals surface area contributed by atoms with E-state index in [2.05, 4.69) is 17.4 Å². The Morgan fingerprint density at radius 2 is 2.00 bits per heavy atom. The van der Waals surface area contributed by atoms with Crippen LogP contribution in [-0.2, 0) is 12.8 Å². The van der Waals surface area contributed by atoms with Crippen LogP contribution in [0, 0.1) is 5.92 Å². The number of carbonyl (C=O) groups is 1. The first-order chi connectivity index (χ1) is 10.3. The molecule has 1 aliphatic heterocycles. The van der Waals surface area contributed by atoms with Gasteiger partial charge in [-0.2, -0.15) is 0 Å². The highest BCUT2D eigenvalue weighted by Gasteiger charge is 2.24. The molecule has 0 spiro atoms. The minimum Gasteiger partial charge on any atom is -0.339 e. The molecule has 0 aromatic heterocycles. The van der Waals surface area contributed by atoms with Crippen molar-refractivity contribution in [3.8, 4) is 0 Å². The van der Waals surface area contributed by atoms with Crippen LogP contribution in [0.25, 0.3) is 0 Å². The third-order valence-corrected chi connectivity index (χ3v) is 5.05. The van der Waals surface area contributed by atoms with E-state index in [0.29, 0.717) is 0 Å². The van der Waals surface area contributed by atoms with Gasteiger partial charge in [0.05, 0.1) is 0 Å². The van der Waals surface area contributed by atoms with Crippen molar-refractivity contribution >= 4 is 5.91 Å². The van der Waals surface area contributed by atoms with Crippen molar-refractivity contribution in [1.82, 2.24) is 10.2 Å². The highest BCUT2D eigenvalue weighted by molar-refractivity contribution is 5.94. The zero-order valence-electron chi connectivity index (χ0n) is 13.0. The maximum absolute atomic E-state index is 12.6. The lowest BCUT2D eigenvalue weighted by molar-refractivity contribution is 0.0687. The van der Waals surface area contributed by atoms with Crippen LogP contribution in [0.5, 0.6) is 0 Å². The first-order valence-electron chi connectivity index (χ1n) is 8.33. The number of fused-ring (bicyclic) bond motifs is 1. The Hall–Kier alpha value is -1.35. The molecule has 2 aliphatic rings. The van der Waals surface area contributed by atoms with E-state index < -0.39 is 0 Å². The number of likely N-dealkylation sites (tertiary alicyclic amines) is 1. The third-order valence-electron chi connectivity index (χ3n) is 5.05. The monoisotopic (exact) mass is 286 g/mol. The molecule has 3 heteroatoms. The summed E-state index contributed by atoms with van der Waals surface area (Å²) in [4.78, 5) is 14.7. The van der Waals surface area contributed by atoms with E-state index in [0.717, 1.165) is 50.4 Å². The fourth-order valence-electron chi connectivity index (χ4n) is 3.66. The normalized spacial score (nSPS) is 18.8. The van der Waals surface area contributed by atoms with Crippen LogP contribution in [-0.4, -0.2) is 37.5 Å². The molecule has 1 fully saturated rings. The maximum atomic E-state index is 12.6.